The van der Waals surface area contributed by atoms with Crippen LogP contribution in [0, 0.1) is 11.7 Å². The Labute approximate surface area is 110 Å². The molecule has 0 amide bonds. The minimum absolute atomic E-state index is 0.0401. The van der Waals surface area contributed by atoms with E-state index in [1.54, 1.807) is 6.07 Å². The third-order valence-electron chi connectivity index (χ3n) is 3.10. The maximum atomic E-state index is 13.8. The van der Waals surface area contributed by atoms with E-state index in [1.165, 1.54) is 6.07 Å². The van der Waals surface area contributed by atoms with Crippen LogP contribution >= 0.6 is 15.9 Å². The molecule has 4 heteroatoms. The lowest BCUT2D eigenvalue weighted by Crippen LogP contribution is -2.21. The summed E-state index contributed by atoms with van der Waals surface area (Å²) in [5.74, 6) is -0.0414. The molecule has 0 aliphatic heterocycles. The summed E-state index contributed by atoms with van der Waals surface area (Å²) in [6, 6.07) is 4.98. The van der Waals surface area contributed by atoms with E-state index in [1.807, 2.05) is 13.0 Å². The van der Waals surface area contributed by atoms with Gasteiger partial charge in [0.15, 0.2) is 0 Å². The van der Waals surface area contributed by atoms with Crippen LogP contribution in [0.25, 0.3) is 0 Å². The van der Waals surface area contributed by atoms with E-state index in [4.69, 9.17) is 10.8 Å². The molecular formula is C13H19BrFNO. The first-order valence-corrected chi connectivity index (χ1v) is 6.67. The van der Waals surface area contributed by atoms with Crippen LogP contribution in [0.2, 0.25) is 0 Å². The largest absolute Gasteiger partial charge is 0.396 e. The van der Waals surface area contributed by atoms with Gasteiger partial charge in [-0.1, -0.05) is 22.9 Å². The highest BCUT2D eigenvalue weighted by Gasteiger charge is 2.18. The first-order chi connectivity index (χ1) is 8.12. The lowest BCUT2D eigenvalue weighted by atomic mass is 9.87. The Morgan fingerprint density at radius 2 is 2.18 bits per heavy atom. The second-order valence-corrected chi connectivity index (χ2v) is 5.21. The molecule has 2 unspecified atom stereocenters. The minimum atomic E-state index is -0.186. The van der Waals surface area contributed by atoms with Crippen molar-refractivity contribution in [1.29, 1.82) is 0 Å². The van der Waals surface area contributed by atoms with Crippen molar-refractivity contribution >= 4 is 15.9 Å². The molecule has 17 heavy (non-hydrogen) atoms. The number of halogens is 2. The maximum Gasteiger partial charge on any atom is 0.126 e. The van der Waals surface area contributed by atoms with E-state index in [0.717, 1.165) is 17.3 Å². The first kappa shape index (κ1) is 14.6. The maximum absolute atomic E-state index is 13.8. The predicted molar refractivity (Wildman–Crippen MR) is 71.4 cm³/mol. The van der Waals surface area contributed by atoms with Gasteiger partial charge in [0, 0.05) is 11.1 Å². The fourth-order valence-corrected chi connectivity index (χ4v) is 2.37. The normalized spacial score (nSPS) is 14.6. The zero-order valence-electron chi connectivity index (χ0n) is 10.00. The molecule has 0 heterocycles. The highest BCUT2D eigenvalue weighted by Crippen LogP contribution is 2.30. The Morgan fingerprint density at radius 3 is 2.71 bits per heavy atom. The summed E-state index contributed by atoms with van der Waals surface area (Å²) >= 11 is 3.35. The molecule has 0 saturated carbocycles. The van der Waals surface area contributed by atoms with Crippen LogP contribution in [0.4, 0.5) is 4.39 Å². The smallest absolute Gasteiger partial charge is 0.126 e. The zero-order chi connectivity index (χ0) is 12.8. The lowest BCUT2D eigenvalue weighted by Gasteiger charge is -2.21. The molecule has 3 N–H and O–H groups in total. The summed E-state index contributed by atoms with van der Waals surface area (Å²) in [7, 11) is 0. The Bertz CT molecular complexity index is 355. The molecule has 0 spiro atoms. The molecule has 2 atom stereocenters. The molecule has 1 aromatic rings. The van der Waals surface area contributed by atoms with Gasteiger partial charge in [-0.15, -0.1) is 0 Å². The zero-order valence-corrected chi connectivity index (χ0v) is 11.6. The van der Waals surface area contributed by atoms with Crippen molar-refractivity contribution in [3.05, 3.63) is 34.1 Å². The number of rotatable bonds is 6. The molecule has 0 radical (unpaired) electrons. The quantitative estimate of drug-likeness (QED) is 0.848. The van der Waals surface area contributed by atoms with Crippen LogP contribution in [0.15, 0.2) is 22.7 Å². The van der Waals surface area contributed by atoms with Crippen LogP contribution in [0.1, 0.15) is 31.2 Å². The molecule has 1 rings (SSSR count). The van der Waals surface area contributed by atoms with Gasteiger partial charge in [0.2, 0.25) is 0 Å². The summed E-state index contributed by atoms with van der Waals surface area (Å²) in [4.78, 5) is 0. The fourth-order valence-electron chi connectivity index (χ4n) is 1.99. The Kier molecular flexibility index (Phi) is 6.09. The number of nitrogens with two attached hydrogens (primary N) is 1. The van der Waals surface area contributed by atoms with Crippen LogP contribution in [0.3, 0.4) is 0 Å². The average molecular weight is 304 g/mol. The van der Waals surface area contributed by atoms with Gasteiger partial charge in [-0.2, -0.15) is 0 Å². The van der Waals surface area contributed by atoms with Crippen LogP contribution in [0.5, 0.6) is 0 Å². The molecule has 0 aliphatic rings. The Hall–Kier alpha value is -0.450. The van der Waals surface area contributed by atoms with Crippen molar-refractivity contribution in [1.82, 2.24) is 0 Å². The number of benzene rings is 1. The number of aliphatic hydroxyl groups excluding tert-OH is 1. The summed E-state index contributed by atoms with van der Waals surface area (Å²) < 4.78 is 14.6. The average Bonchev–Trinajstić information content (AvgIpc) is 2.34. The Morgan fingerprint density at radius 1 is 1.47 bits per heavy atom. The minimum Gasteiger partial charge on any atom is -0.396 e. The van der Waals surface area contributed by atoms with Gasteiger partial charge < -0.3 is 10.8 Å². The number of aliphatic hydroxyl groups is 1. The summed E-state index contributed by atoms with van der Waals surface area (Å²) in [6.45, 7) is 2.52. The monoisotopic (exact) mass is 303 g/mol. The molecule has 1 aromatic carbocycles. The van der Waals surface area contributed by atoms with Gasteiger partial charge in [-0.25, -0.2) is 4.39 Å². The number of hydrogen-bond acceptors (Lipinski definition) is 2. The molecule has 0 aliphatic carbocycles. The van der Waals surface area contributed by atoms with E-state index < -0.39 is 0 Å². The molecule has 2 nitrogen and oxygen atoms in total. The van der Waals surface area contributed by atoms with E-state index in [9.17, 15) is 4.39 Å². The van der Waals surface area contributed by atoms with Gasteiger partial charge in [0.1, 0.15) is 5.82 Å². The van der Waals surface area contributed by atoms with E-state index in [0.29, 0.717) is 12.1 Å². The van der Waals surface area contributed by atoms with E-state index >= 15 is 0 Å². The third kappa shape index (κ3) is 4.05. The van der Waals surface area contributed by atoms with Crippen molar-refractivity contribution in [3.8, 4) is 0 Å². The molecule has 0 aromatic heterocycles. The SMILES string of the molecule is CCC(CC(CN)CO)c1cc(Br)ccc1F. The van der Waals surface area contributed by atoms with Crippen LogP contribution < -0.4 is 5.73 Å². The molecule has 0 fully saturated rings. The highest BCUT2D eigenvalue weighted by atomic mass is 79.9. The topological polar surface area (TPSA) is 46.2 Å². The van der Waals surface area contributed by atoms with Crippen molar-refractivity contribution in [2.75, 3.05) is 13.2 Å². The summed E-state index contributed by atoms with van der Waals surface area (Å²) in [5.41, 5.74) is 6.27. The van der Waals surface area contributed by atoms with Gasteiger partial charge in [0.05, 0.1) is 0 Å². The van der Waals surface area contributed by atoms with E-state index in [-0.39, 0.29) is 24.3 Å². The second kappa shape index (κ2) is 7.09. The number of hydrogen-bond donors (Lipinski definition) is 2. The first-order valence-electron chi connectivity index (χ1n) is 5.88. The lowest BCUT2D eigenvalue weighted by molar-refractivity contribution is 0.214. The van der Waals surface area contributed by atoms with Gasteiger partial charge >= 0.3 is 0 Å². The van der Waals surface area contributed by atoms with Crippen molar-refractivity contribution in [2.45, 2.75) is 25.7 Å². The molecule has 96 valence electrons. The van der Waals surface area contributed by atoms with Crippen molar-refractivity contribution in [2.24, 2.45) is 11.7 Å². The highest BCUT2D eigenvalue weighted by molar-refractivity contribution is 9.10. The van der Waals surface area contributed by atoms with Gasteiger partial charge in [-0.05, 0) is 55.0 Å². The van der Waals surface area contributed by atoms with Crippen LogP contribution in [-0.4, -0.2) is 18.3 Å². The van der Waals surface area contributed by atoms with Crippen LogP contribution in [-0.2, 0) is 0 Å². The third-order valence-corrected chi connectivity index (χ3v) is 3.59. The van der Waals surface area contributed by atoms with Gasteiger partial charge in [0.25, 0.3) is 0 Å². The summed E-state index contributed by atoms with van der Waals surface area (Å²) in [5, 5.41) is 9.16. The summed E-state index contributed by atoms with van der Waals surface area (Å²) in [6.07, 6.45) is 1.56. The molecule has 0 saturated heterocycles. The van der Waals surface area contributed by atoms with Crippen molar-refractivity contribution in [3.63, 3.8) is 0 Å². The van der Waals surface area contributed by atoms with E-state index in [2.05, 4.69) is 15.9 Å². The van der Waals surface area contributed by atoms with Crippen molar-refractivity contribution < 1.29 is 9.50 Å². The predicted octanol–water partition coefficient (Wildman–Crippen LogP) is 3.04. The fraction of sp³-hybridized carbons (Fsp3) is 0.538. The Balaban J connectivity index is 2.89. The second-order valence-electron chi connectivity index (χ2n) is 4.29. The molecular weight excluding hydrogens is 285 g/mol. The molecule has 0 bridgehead atoms. The van der Waals surface area contributed by atoms with Gasteiger partial charge in [-0.3, -0.25) is 0 Å². The standard InChI is InChI=1S/C13H19BrFNO/c1-2-10(5-9(7-16)8-17)12-6-11(14)3-4-13(12)15/h3-4,6,9-10,17H,2,5,7-8,16H2,1H3.